The van der Waals surface area contributed by atoms with E-state index in [-0.39, 0.29) is 13.7 Å². The Bertz CT molecular complexity index is 2490. The number of anilines is 4. The van der Waals surface area contributed by atoms with Crippen LogP contribution in [0.4, 0.5) is 22.7 Å². The normalized spacial score (nSPS) is 14.0. The maximum absolute atomic E-state index is 4.16. The fourth-order valence-electron chi connectivity index (χ4n) is 15.4. The largest absolute Gasteiger partial charge is 0.410 e. The van der Waals surface area contributed by atoms with Crippen LogP contribution in [0.2, 0.25) is 66.5 Å². The molecule has 0 aromatic heterocycles. The van der Waals surface area contributed by atoms with Crippen molar-refractivity contribution in [1.82, 2.24) is 0 Å². The summed E-state index contributed by atoms with van der Waals surface area (Å²) in [5.74, 6) is 16.0. The summed E-state index contributed by atoms with van der Waals surface area (Å²) in [5.41, 5.74) is 31.3. The van der Waals surface area contributed by atoms with Crippen molar-refractivity contribution in [1.29, 1.82) is 0 Å². The van der Waals surface area contributed by atoms with Crippen LogP contribution < -0.4 is 20.9 Å². The Kier molecular flexibility index (Phi) is 18.2. The Labute approximate surface area is 457 Å². The third kappa shape index (κ3) is 10.0. The summed E-state index contributed by atoms with van der Waals surface area (Å²) >= 11 is 0. The van der Waals surface area contributed by atoms with Gasteiger partial charge in [-0.3, -0.25) is 0 Å². The van der Waals surface area contributed by atoms with Crippen molar-refractivity contribution < 1.29 is 0 Å². The molecule has 2 heterocycles. The van der Waals surface area contributed by atoms with E-state index in [9.17, 15) is 0 Å². The highest BCUT2D eigenvalue weighted by molar-refractivity contribution is 7.28. The van der Waals surface area contributed by atoms with Crippen molar-refractivity contribution in [2.45, 2.75) is 233 Å². The van der Waals surface area contributed by atoms with Gasteiger partial charge in [0.1, 0.15) is 32.3 Å². The van der Waals surface area contributed by atoms with Crippen molar-refractivity contribution in [3.8, 4) is 45.9 Å². The van der Waals surface area contributed by atoms with Crippen molar-refractivity contribution in [2.24, 2.45) is 0 Å². The van der Waals surface area contributed by atoms with Crippen molar-refractivity contribution in [3.05, 3.63) is 70.8 Å². The minimum atomic E-state index is -2.11. The maximum atomic E-state index is 4.16. The zero-order valence-electron chi connectivity index (χ0n) is 50.7. The van der Waals surface area contributed by atoms with Gasteiger partial charge in [-0.1, -0.05) is 238 Å². The first-order valence-corrected chi connectivity index (χ1v) is 37.9. The van der Waals surface area contributed by atoms with E-state index >= 15 is 0 Å². The number of hydrogen-bond donors (Lipinski definition) is 4. The minimum Gasteiger partial charge on any atom is -0.410 e. The molecule has 4 aromatic carbocycles. The van der Waals surface area contributed by atoms with Crippen LogP contribution in [0, 0.1) is 45.9 Å². The van der Waals surface area contributed by atoms with Gasteiger partial charge in [0.15, 0.2) is 0 Å². The van der Waals surface area contributed by atoms with Gasteiger partial charge < -0.3 is 20.9 Å². The van der Waals surface area contributed by atoms with E-state index in [0.717, 1.165) is 45.0 Å². The lowest BCUT2D eigenvalue weighted by Gasteiger charge is -2.38. The van der Waals surface area contributed by atoms with Gasteiger partial charge in [0.25, 0.3) is 0 Å². The monoisotopic (exact) mass is 1050 g/mol. The van der Waals surface area contributed by atoms with Crippen LogP contribution >= 0.6 is 0 Å². The van der Waals surface area contributed by atoms with Gasteiger partial charge in [0, 0.05) is 21.5 Å². The fraction of sp³-hybridized carbons (Fsp3) is 0.562. The van der Waals surface area contributed by atoms with Gasteiger partial charge in [0.05, 0.1) is 45.0 Å². The van der Waals surface area contributed by atoms with Crippen LogP contribution in [-0.2, 0) is 0 Å². The van der Waals surface area contributed by atoms with E-state index in [0.29, 0.717) is 66.5 Å². The molecule has 0 bridgehead atoms. The second-order valence-electron chi connectivity index (χ2n) is 26.2. The average Bonchev–Trinajstić information content (AvgIpc) is 3.95. The van der Waals surface area contributed by atoms with Gasteiger partial charge in [-0.15, -0.1) is 22.2 Å². The summed E-state index contributed by atoms with van der Waals surface area (Å²) in [6, 6.07) is 17.9. The third-order valence-corrected chi connectivity index (χ3v) is 44.2. The first-order chi connectivity index (χ1) is 34.6. The molecule has 394 valence electrons. The van der Waals surface area contributed by atoms with Gasteiger partial charge >= 0.3 is 13.7 Å². The first kappa shape index (κ1) is 59.1. The van der Waals surface area contributed by atoms with Crippen LogP contribution in [0.15, 0.2) is 48.5 Å². The molecule has 0 aliphatic carbocycles. The molecule has 4 N–H and O–H groups in total. The molecule has 0 saturated carbocycles. The van der Waals surface area contributed by atoms with Gasteiger partial charge in [-0.25, -0.2) is 0 Å². The van der Waals surface area contributed by atoms with Crippen LogP contribution in [0.1, 0.15) is 188 Å². The summed E-state index contributed by atoms with van der Waals surface area (Å²) in [5, 5.41) is 21.3. The zero-order chi connectivity index (χ0) is 55.2. The molecule has 74 heavy (non-hydrogen) atoms. The Hall–Kier alpha value is -4.16. The van der Waals surface area contributed by atoms with Gasteiger partial charge in [-0.2, -0.15) is 0 Å². The standard InChI is InChI=1S/C64H96B2N4Si4/c1-41(2)71(42(3)4,43(5)6)37-33-57-53-29-25-26-30-54(53)58(34-38-72(44(7)8,45(9)10)46(11)12)62-61(57)67-65(68-62)66-69-63-59(35-39-73(47(13)14,48(15)16)49(17)18)55-31-27-28-32-56(55)60(64(63)70-66)36-40-74(50(19)20,51(21)22)52(23)24/h25-32,41-52,67-70H,1-24H3. The molecule has 2 aliphatic heterocycles. The summed E-state index contributed by atoms with van der Waals surface area (Å²) in [6.45, 7) is 57.4. The summed E-state index contributed by atoms with van der Waals surface area (Å²) in [6.07, 6.45) is 0. The van der Waals surface area contributed by atoms with E-state index < -0.39 is 32.3 Å². The molecule has 0 radical (unpaired) electrons. The Morgan fingerprint density at radius 2 is 0.419 bits per heavy atom. The lowest BCUT2D eigenvalue weighted by Crippen LogP contribution is -2.54. The Morgan fingerprint density at radius 1 is 0.270 bits per heavy atom. The Balaban J connectivity index is 1.68. The second-order valence-corrected chi connectivity index (χ2v) is 48.5. The van der Waals surface area contributed by atoms with E-state index in [1.165, 1.54) is 21.5 Å². The molecule has 0 saturated heterocycles. The molecule has 0 atom stereocenters. The lowest BCUT2D eigenvalue weighted by molar-refractivity contribution is 0.838. The van der Waals surface area contributed by atoms with E-state index in [4.69, 9.17) is 0 Å². The van der Waals surface area contributed by atoms with E-state index in [2.05, 4.69) is 281 Å². The van der Waals surface area contributed by atoms with Gasteiger partial charge in [0.2, 0.25) is 0 Å². The second kappa shape index (κ2) is 22.8. The van der Waals surface area contributed by atoms with Crippen LogP contribution in [0.3, 0.4) is 0 Å². The summed E-state index contributed by atoms with van der Waals surface area (Å²) in [4.78, 5) is 0. The van der Waals surface area contributed by atoms with Crippen LogP contribution in [-0.4, -0.2) is 46.0 Å². The van der Waals surface area contributed by atoms with Crippen molar-refractivity contribution >= 4 is 90.3 Å². The molecule has 4 nitrogen and oxygen atoms in total. The SMILES string of the molecule is CC(C)[Si](C#Cc1c2c(c(C#C[Si](C(C)C)(C(C)C)C(C)C)c3ccccc13)NB(B1Nc3c(c(C#C[Si](C(C)C)(C(C)C)C(C)C)c4ccccc4c3C#C[Si](C(C)C)(C(C)C)C(C)C)N1)N2)(C(C)C)C(C)C. The number of rotatable bonds is 13. The molecular weight excluding hydrogens is 959 g/mol. The van der Waals surface area contributed by atoms with Gasteiger partial charge in [-0.05, 0) is 66.5 Å². The predicted molar refractivity (Wildman–Crippen MR) is 346 cm³/mol. The zero-order valence-corrected chi connectivity index (χ0v) is 54.7. The highest BCUT2D eigenvalue weighted by Gasteiger charge is 2.48. The smallest absolute Gasteiger partial charge is 0.385 e. The molecule has 2 aliphatic rings. The van der Waals surface area contributed by atoms with Crippen molar-refractivity contribution in [3.63, 3.8) is 0 Å². The molecule has 0 amide bonds. The quantitative estimate of drug-likeness (QED) is 0.0796. The summed E-state index contributed by atoms with van der Waals surface area (Å²) in [7, 11) is -8.43. The molecule has 10 heteroatoms. The van der Waals surface area contributed by atoms with E-state index in [1.54, 1.807) is 0 Å². The molecule has 6 rings (SSSR count). The number of benzene rings is 4. The van der Waals surface area contributed by atoms with Crippen molar-refractivity contribution in [2.75, 3.05) is 20.9 Å². The number of hydrogen-bond acceptors (Lipinski definition) is 4. The molecule has 0 unspecified atom stereocenters. The number of nitrogens with one attached hydrogen (secondary N) is 4. The molecule has 0 fully saturated rings. The number of fused-ring (bicyclic) bond motifs is 4. The summed E-state index contributed by atoms with van der Waals surface area (Å²) < 4.78 is 0. The first-order valence-electron chi connectivity index (χ1n) is 29.0. The topological polar surface area (TPSA) is 48.1 Å². The van der Waals surface area contributed by atoms with Crippen LogP contribution in [0.25, 0.3) is 21.5 Å². The highest BCUT2D eigenvalue weighted by atomic mass is 28.3. The third-order valence-electron chi connectivity index (χ3n) is 19.0. The minimum absolute atomic E-state index is 0.254. The lowest BCUT2D eigenvalue weighted by atomic mass is 9.35. The molecular formula is C64H96B2N4Si4. The maximum Gasteiger partial charge on any atom is 0.385 e. The van der Waals surface area contributed by atoms with E-state index in [1.807, 2.05) is 0 Å². The predicted octanol–water partition coefficient (Wildman–Crippen LogP) is 18.7. The van der Waals surface area contributed by atoms with Crippen LogP contribution in [0.5, 0.6) is 0 Å². The molecule has 0 spiro atoms. The fourth-order valence-corrected chi connectivity index (χ4v) is 36.2. The average molecular weight is 1060 g/mol. The molecule has 4 aromatic rings. The highest BCUT2D eigenvalue weighted by Crippen LogP contribution is 2.49. The Morgan fingerprint density at radius 3 is 0.554 bits per heavy atom.